The van der Waals surface area contributed by atoms with Crippen LogP contribution >= 0.6 is 0 Å². The molecule has 0 aliphatic rings. The molecule has 0 aliphatic heterocycles. The van der Waals surface area contributed by atoms with E-state index in [1.807, 2.05) is 0 Å². The molecule has 72 valence electrons. The smallest absolute Gasteiger partial charge is 0.813 e. The molecule has 0 amide bonds. The standard InChI is InChI=1S/C8H11NO3.W/c1-3-7(9)6(8(11)12)4-5(2)10;/h6H,1,3-4H2,2H3,(H,11,12);/q-2;+2. The first kappa shape index (κ1) is 15.0. The number of Topliss-reactive ketones (excluding diaryl/α,β-unsaturated/α-hetero) is 1. The fourth-order valence-electron chi connectivity index (χ4n) is 0.809. The molecular formula is C8H11NO3W. The zero-order chi connectivity index (χ0) is 9.72. The fourth-order valence-corrected chi connectivity index (χ4v) is 0.809. The van der Waals surface area contributed by atoms with Crippen LogP contribution in [0.4, 0.5) is 0 Å². The van der Waals surface area contributed by atoms with E-state index in [4.69, 9.17) is 10.5 Å². The second-order valence-corrected chi connectivity index (χ2v) is 2.54. The summed E-state index contributed by atoms with van der Waals surface area (Å²) < 4.78 is 0. The number of carboxylic acid groups (broad SMARTS) is 1. The number of carbonyl (C=O) groups excluding carboxylic acids is 1. The van der Waals surface area contributed by atoms with Crippen LogP contribution in [0.1, 0.15) is 19.8 Å². The summed E-state index contributed by atoms with van der Waals surface area (Å²) in [5.74, 6) is -2.55. The molecule has 0 aromatic heterocycles. The van der Waals surface area contributed by atoms with Crippen molar-refractivity contribution in [2.24, 2.45) is 5.92 Å². The number of hydrogen-bond donors (Lipinski definition) is 1. The van der Waals surface area contributed by atoms with Gasteiger partial charge in [-0.2, -0.15) is 6.42 Å². The van der Waals surface area contributed by atoms with Crippen molar-refractivity contribution in [3.63, 3.8) is 0 Å². The van der Waals surface area contributed by atoms with E-state index in [0.29, 0.717) is 0 Å². The molecule has 0 fully saturated rings. The molecule has 0 bridgehead atoms. The Morgan fingerprint density at radius 3 is 2.23 bits per heavy atom. The summed E-state index contributed by atoms with van der Waals surface area (Å²) >= 11 is 0. The van der Waals surface area contributed by atoms with E-state index in [1.54, 1.807) is 0 Å². The molecule has 0 saturated carbocycles. The summed E-state index contributed by atoms with van der Waals surface area (Å²) in [4.78, 5) is 21.0. The number of aliphatic carboxylic acids is 1. The minimum absolute atomic E-state index is 0. The molecule has 5 heteroatoms. The molecule has 0 radical (unpaired) electrons. The summed E-state index contributed by atoms with van der Waals surface area (Å²) in [6.45, 7) is 4.62. The van der Waals surface area contributed by atoms with Gasteiger partial charge < -0.3 is 17.4 Å². The predicted octanol–water partition coefficient (Wildman–Crippen LogP) is 0.898. The van der Waals surface area contributed by atoms with Crippen LogP contribution in [0.2, 0.25) is 0 Å². The van der Waals surface area contributed by atoms with Gasteiger partial charge in [-0.3, -0.25) is 9.59 Å². The third kappa shape index (κ3) is 5.69. The monoisotopic (exact) mass is 353 g/mol. The van der Waals surface area contributed by atoms with Crippen LogP contribution in [0.3, 0.4) is 0 Å². The average molecular weight is 353 g/mol. The summed E-state index contributed by atoms with van der Waals surface area (Å²) in [7, 11) is 0. The Morgan fingerprint density at radius 1 is 1.54 bits per heavy atom. The van der Waals surface area contributed by atoms with Crippen LogP contribution in [0.15, 0.2) is 0 Å². The number of ketones is 1. The molecular weight excluding hydrogens is 342 g/mol. The zero-order valence-electron chi connectivity index (χ0n) is 7.32. The normalized spacial score (nSPS) is 11.2. The molecule has 0 aliphatic carbocycles. The largest absolute Gasteiger partial charge is 2.00 e. The van der Waals surface area contributed by atoms with Gasteiger partial charge in [0.25, 0.3) is 0 Å². The Labute approximate surface area is 91.5 Å². The number of carboxylic acids is 1. The van der Waals surface area contributed by atoms with Gasteiger partial charge in [0.05, 0.1) is 5.92 Å². The van der Waals surface area contributed by atoms with E-state index in [-0.39, 0.29) is 45.4 Å². The predicted molar refractivity (Wildman–Crippen MR) is 44.8 cm³/mol. The van der Waals surface area contributed by atoms with E-state index in [0.717, 1.165) is 0 Å². The van der Waals surface area contributed by atoms with E-state index in [2.05, 4.69) is 6.92 Å². The van der Waals surface area contributed by atoms with E-state index < -0.39 is 11.9 Å². The molecule has 0 aromatic carbocycles. The van der Waals surface area contributed by atoms with Gasteiger partial charge in [-0.25, -0.2) is 5.71 Å². The van der Waals surface area contributed by atoms with Crippen molar-refractivity contribution in [3.8, 4) is 0 Å². The van der Waals surface area contributed by atoms with Crippen LogP contribution in [0.5, 0.6) is 0 Å². The Balaban J connectivity index is 0. The maximum Gasteiger partial charge on any atom is 2.00 e. The molecule has 4 nitrogen and oxygen atoms in total. The van der Waals surface area contributed by atoms with Crippen LogP contribution in [0, 0.1) is 12.8 Å². The molecule has 0 spiro atoms. The maximum atomic E-state index is 10.6. The van der Waals surface area contributed by atoms with Crippen molar-refractivity contribution >= 4 is 17.5 Å². The summed E-state index contributed by atoms with van der Waals surface area (Å²) in [5.41, 5.74) is -0.252. The molecule has 0 aromatic rings. The van der Waals surface area contributed by atoms with Gasteiger partial charge in [0.15, 0.2) is 0 Å². The Kier molecular flexibility index (Phi) is 8.02. The first-order valence-corrected chi connectivity index (χ1v) is 3.55. The average Bonchev–Trinajstić information content (AvgIpc) is 1.98. The molecule has 13 heavy (non-hydrogen) atoms. The van der Waals surface area contributed by atoms with E-state index in [1.165, 1.54) is 6.92 Å². The fraction of sp³-hybridized carbons (Fsp3) is 0.500. The van der Waals surface area contributed by atoms with Crippen molar-refractivity contribution in [1.82, 2.24) is 0 Å². The molecule has 0 rings (SSSR count). The van der Waals surface area contributed by atoms with Crippen molar-refractivity contribution in [2.75, 3.05) is 0 Å². The van der Waals surface area contributed by atoms with Crippen molar-refractivity contribution < 1.29 is 35.8 Å². The molecule has 0 heterocycles. The molecule has 0 saturated heterocycles. The first-order valence-electron chi connectivity index (χ1n) is 3.55. The van der Waals surface area contributed by atoms with Gasteiger partial charge in [-0.05, 0) is 6.92 Å². The van der Waals surface area contributed by atoms with Crippen LogP contribution in [0.25, 0.3) is 5.41 Å². The summed E-state index contributed by atoms with van der Waals surface area (Å²) in [6, 6.07) is 0. The van der Waals surface area contributed by atoms with Gasteiger partial charge >= 0.3 is 27.0 Å². The van der Waals surface area contributed by atoms with Crippen LogP contribution in [-0.4, -0.2) is 22.6 Å². The number of nitrogens with zero attached hydrogens (tertiary/aromatic N) is 1. The minimum atomic E-state index is -1.19. The Bertz CT molecular complexity index is 215. The quantitative estimate of drug-likeness (QED) is 0.590. The van der Waals surface area contributed by atoms with Crippen molar-refractivity contribution in [3.05, 3.63) is 12.3 Å². The summed E-state index contributed by atoms with van der Waals surface area (Å²) in [6.07, 6.45) is -0.152. The second kappa shape index (κ2) is 6.96. The van der Waals surface area contributed by atoms with Gasteiger partial charge in [-0.1, -0.05) is 0 Å². The zero-order valence-corrected chi connectivity index (χ0v) is 10.3. The topological polar surface area (TPSA) is 76.7 Å². The first-order chi connectivity index (χ1) is 5.49. The third-order valence-corrected chi connectivity index (χ3v) is 1.45. The van der Waals surface area contributed by atoms with Gasteiger partial charge in [-0.15, -0.1) is 0 Å². The second-order valence-electron chi connectivity index (χ2n) is 2.54. The Hall–Kier alpha value is -0.502. The number of hydrogen-bond acceptors (Lipinski definition) is 2. The van der Waals surface area contributed by atoms with Gasteiger partial charge in [0.2, 0.25) is 0 Å². The Morgan fingerprint density at radius 2 is 2.00 bits per heavy atom. The van der Waals surface area contributed by atoms with Crippen LogP contribution in [-0.2, 0) is 30.7 Å². The SMILES string of the molecule is [CH2-]CC(=[N-])C(CC(C)=O)C(=O)O.[W+2]. The van der Waals surface area contributed by atoms with Gasteiger partial charge in [0.1, 0.15) is 5.78 Å². The van der Waals surface area contributed by atoms with E-state index in [9.17, 15) is 9.59 Å². The van der Waals surface area contributed by atoms with Crippen LogP contribution < -0.4 is 0 Å². The third-order valence-electron chi connectivity index (χ3n) is 1.45. The molecule has 1 atom stereocenters. The summed E-state index contributed by atoms with van der Waals surface area (Å²) in [5, 5.41) is 17.6. The molecule has 1 N–H and O–H groups in total. The van der Waals surface area contributed by atoms with Crippen molar-refractivity contribution in [1.29, 1.82) is 0 Å². The number of rotatable bonds is 5. The molecule has 1 unspecified atom stereocenters. The maximum absolute atomic E-state index is 10.6. The minimum Gasteiger partial charge on any atom is -0.813 e. The van der Waals surface area contributed by atoms with Gasteiger partial charge in [0, 0.05) is 6.42 Å². The number of carbonyl (C=O) groups is 2. The van der Waals surface area contributed by atoms with E-state index >= 15 is 0 Å². The van der Waals surface area contributed by atoms with Crippen molar-refractivity contribution in [2.45, 2.75) is 19.8 Å².